The lowest BCUT2D eigenvalue weighted by atomic mass is 9.84. The maximum absolute atomic E-state index is 6.06. The number of hydrogen-bond acceptors (Lipinski definition) is 6. The highest BCUT2D eigenvalue weighted by Gasteiger charge is 2.48. The van der Waals surface area contributed by atoms with Gasteiger partial charge >= 0.3 is 0 Å². The first-order valence-corrected chi connectivity index (χ1v) is 7.98. The standard InChI is InChI=1S/C17H20N4O2/c1-13-4-5-16(20-19-13)21-11-17(12-21)9-14(6-8-22-17)23-15-3-2-7-18-10-15/h2-5,7,10,14H,6,8-9,11-12H2,1H3/t14-/m0/s1. The Morgan fingerprint density at radius 1 is 1.26 bits per heavy atom. The fraction of sp³-hybridized carbons (Fsp3) is 0.471. The van der Waals surface area contributed by atoms with Crippen molar-refractivity contribution in [3.05, 3.63) is 42.4 Å². The monoisotopic (exact) mass is 312 g/mol. The van der Waals surface area contributed by atoms with Crippen molar-refractivity contribution in [1.82, 2.24) is 15.2 Å². The van der Waals surface area contributed by atoms with Crippen molar-refractivity contribution in [3.8, 4) is 5.75 Å². The van der Waals surface area contributed by atoms with Crippen molar-refractivity contribution < 1.29 is 9.47 Å². The molecule has 2 saturated heterocycles. The summed E-state index contributed by atoms with van der Waals surface area (Å²) >= 11 is 0. The van der Waals surface area contributed by atoms with E-state index < -0.39 is 0 Å². The summed E-state index contributed by atoms with van der Waals surface area (Å²) in [6.07, 6.45) is 5.51. The van der Waals surface area contributed by atoms with Crippen molar-refractivity contribution in [1.29, 1.82) is 0 Å². The van der Waals surface area contributed by atoms with Crippen LogP contribution in [0.5, 0.6) is 5.75 Å². The summed E-state index contributed by atoms with van der Waals surface area (Å²) < 4.78 is 12.1. The van der Waals surface area contributed by atoms with Crippen LogP contribution in [0.1, 0.15) is 18.5 Å². The van der Waals surface area contributed by atoms with Crippen LogP contribution in [0.4, 0.5) is 5.82 Å². The Kier molecular flexibility index (Phi) is 3.61. The van der Waals surface area contributed by atoms with Gasteiger partial charge in [-0.25, -0.2) is 0 Å². The molecule has 0 bridgehead atoms. The van der Waals surface area contributed by atoms with Crippen LogP contribution in [0.15, 0.2) is 36.7 Å². The first-order valence-electron chi connectivity index (χ1n) is 7.98. The van der Waals surface area contributed by atoms with Gasteiger partial charge in [0, 0.05) is 19.0 Å². The van der Waals surface area contributed by atoms with E-state index in [1.165, 1.54) is 0 Å². The SMILES string of the molecule is Cc1ccc(N2CC3(C[C@@H](Oc4cccnc4)CCO3)C2)nn1. The number of hydrogen-bond donors (Lipinski definition) is 0. The summed E-state index contributed by atoms with van der Waals surface area (Å²) in [5.74, 6) is 1.75. The zero-order valence-corrected chi connectivity index (χ0v) is 13.2. The third-order valence-corrected chi connectivity index (χ3v) is 4.45. The van der Waals surface area contributed by atoms with Gasteiger partial charge in [-0.15, -0.1) is 5.10 Å². The van der Waals surface area contributed by atoms with Gasteiger partial charge in [-0.05, 0) is 31.2 Å². The van der Waals surface area contributed by atoms with Crippen molar-refractivity contribution in [2.75, 3.05) is 24.6 Å². The Labute approximate surface area is 135 Å². The van der Waals surface area contributed by atoms with E-state index in [1.54, 1.807) is 12.4 Å². The molecule has 2 aromatic rings. The van der Waals surface area contributed by atoms with E-state index in [9.17, 15) is 0 Å². The fourth-order valence-corrected chi connectivity index (χ4v) is 3.28. The van der Waals surface area contributed by atoms with Gasteiger partial charge in [-0.1, -0.05) is 0 Å². The van der Waals surface area contributed by atoms with E-state index in [2.05, 4.69) is 20.1 Å². The third-order valence-electron chi connectivity index (χ3n) is 4.45. The molecule has 6 nitrogen and oxygen atoms in total. The molecule has 0 N–H and O–H groups in total. The zero-order valence-electron chi connectivity index (χ0n) is 13.2. The Balaban J connectivity index is 1.38. The molecule has 0 aromatic carbocycles. The Hall–Kier alpha value is -2.21. The molecule has 1 spiro atoms. The summed E-state index contributed by atoms with van der Waals surface area (Å²) in [7, 11) is 0. The molecule has 4 heterocycles. The molecule has 4 rings (SSSR count). The molecule has 0 saturated carbocycles. The maximum atomic E-state index is 6.06. The molecule has 23 heavy (non-hydrogen) atoms. The van der Waals surface area contributed by atoms with Gasteiger partial charge in [0.1, 0.15) is 17.5 Å². The molecule has 6 heteroatoms. The lowest BCUT2D eigenvalue weighted by molar-refractivity contribution is -0.126. The molecule has 0 aliphatic carbocycles. The van der Waals surface area contributed by atoms with Gasteiger partial charge in [0.15, 0.2) is 5.82 Å². The van der Waals surface area contributed by atoms with E-state index >= 15 is 0 Å². The average molecular weight is 312 g/mol. The molecule has 2 fully saturated rings. The normalized spacial score (nSPS) is 22.7. The first-order chi connectivity index (χ1) is 11.2. The minimum absolute atomic E-state index is 0.113. The number of ether oxygens (including phenoxy) is 2. The maximum Gasteiger partial charge on any atom is 0.151 e. The predicted molar refractivity (Wildman–Crippen MR) is 85.6 cm³/mol. The van der Waals surface area contributed by atoms with Crippen molar-refractivity contribution >= 4 is 5.82 Å². The summed E-state index contributed by atoms with van der Waals surface area (Å²) in [6.45, 7) is 4.37. The van der Waals surface area contributed by atoms with E-state index in [0.29, 0.717) is 0 Å². The zero-order chi connectivity index (χ0) is 15.7. The van der Waals surface area contributed by atoms with Crippen molar-refractivity contribution in [2.24, 2.45) is 0 Å². The Morgan fingerprint density at radius 3 is 2.91 bits per heavy atom. The minimum Gasteiger partial charge on any atom is -0.489 e. The van der Waals surface area contributed by atoms with Gasteiger partial charge in [0.2, 0.25) is 0 Å². The number of nitrogens with zero attached hydrogens (tertiary/aromatic N) is 4. The van der Waals surface area contributed by atoms with Crippen molar-refractivity contribution in [2.45, 2.75) is 31.5 Å². The highest BCUT2D eigenvalue weighted by molar-refractivity contribution is 5.43. The summed E-state index contributed by atoms with van der Waals surface area (Å²) in [4.78, 5) is 6.31. The fourth-order valence-electron chi connectivity index (χ4n) is 3.28. The van der Waals surface area contributed by atoms with Gasteiger partial charge in [-0.2, -0.15) is 5.10 Å². The van der Waals surface area contributed by atoms with E-state index in [4.69, 9.17) is 9.47 Å². The smallest absolute Gasteiger partial charge is 0.151 e. The largest absolute Gasteiger partial charge is 0.489 e. The van der Waals surface area contributed by atoms with Gasteiger partial charge in [-0.3, -0.25) is 4.98 Å². The summed E-state index contributed by atoms with van der Waals surface area (Å²) in [5.41, 5.74) is 0.820. The Bertz CT molecular complexity index is 656. The summed E-state index contributed by atoms with van der Waals surface area (Å²) in [6, 6.07) is 7.85. The van der Waals surface area contributed by atoms with E-state index in [1.807, 2.05) is 31.2 Å². The van der Waals surface area contributed by atoms with Crippen LogP contribution >= 0.6 is 0 Å². The highest BCUT2D eigenvalue weighted by Crippen LogP contribution is 2.37. The van der Waals surface area contributed by atoms with Gasteiger partial charge < -0.3 is 14.4 Å². The number of pyridine rings is 1. The molecule has 2 aliphatic rings. The molecule has 1 atom stereocenters. The molecular weight excluding hydrogens is 292 g/mol. The van der Waals surface area contributed by atoms with Crippen LogP contribution in [0.3, 0.4) is 0 Å². The molecule has 0 radical (unpaired) electrons. The predicted octanol–water partition coefficient (Wildman–Crippen LogP) is 2.00. The summed E-state index contributed by atoms with van der Waals surface area (Å²) in [5, 5.41) is 8.37. The van der Waals surface area contributed by atoms with Crippen LogP contribution < -0.4 is 9.64 Å². The minimum atomic E-state index is -0.113. The first kappa shape index (κ1) is 14.4. The van der Waals surface area contributed by atoms with Gasteiger partial charge in [0.25, 0.3) is 0 Å². The van der Waals surface area contributed by atoms with Gasteiger partial charge in [0.05, 0.1) is 31.6 Å². The topological polar surface area (TPSA) is 60.4 Å². The molecule has 0 amide bonds. The number of anilines is 1. The number of rotatable bonds is 3. The lowest BCUT2D eigenvalue weighted by Crippen LogP contribution is -2.66. The quantitative estimate of drug-likeness (QED) is 0.864. The highest BCUT2D eigenvalue weighted by atomic mass is 16.5. The van der Waals surface area contributed by atoms with E-state index in [-0.39, 0.29) is 11.7 Å². The number of aromatic nitrogens is 3. The second kappa shape index (κ2) is 5.77. The molecule has 0 unspecified atom stereocenters. The van der Waals surface area contributed by atoms with Crippen LogP contribution in [0.2, 0.25) is 0 Å². The van der Waals surface area contributed by atoms with Crippen LogP contribution in [0.25, 0.3) is 0 Å². The van der Waals surface area contributed by atoms with Crippen LogP contribution in [-0.4, -0.2) is 46.6 Å². The average Bonchev–Trinajstić information content (AvgIpc) is 2.55. The third kappa shape index (κ3) is 2.99. The second-order valence-electron chi connectivity index (χ2n) is 6.34. The van der Waals surface area contributed by atoms with Crippen LogP contribution in [0, 0.1) is 6.92 Å². The second-order valence-corrected chi connectivity index (χ2v) is 6.34. The Morgan fingerprint density at radius 2 is 2.17 bits per heavy atom. The van der Waals surface area contributed by atoms with Crippen LogP contribution in [-0.2, 0) is 4.74 Å². The lowest BCUT2D eigenvalue weighted by Gasteiger charge is -2.53. The van der Waals surface area contributed by atoms with E-state index in [0.717, 1.165) is 49.8 Å². The molecule has 2 aromatic heterocycles. The molecule has 120 valence electrons. The number of aryl methyl sites for hydroxylation is 1. The molecule has 2 aliphatic heterocycles. The molecular formula is C17H20N4O2. The van der Waals surface area contributed by atoms with Crippen molar-refractivity contribution in [3.63, 3.8) is 0 Å².